The monoisotopic (exact) mass is 370 g/mol. The van der Waals surface area contributed by atoms with Crippen LogP contribution in [0.5, 0.6) is 0 Å². The molecule has 0 unspecified atom stereocenters. The number of rotatable bonds is 3. The summed E-state index contributed by atoms with van der Waals surface area (Å²) in [6.07, 6.45) is 3.75. The third-order valence-corrected chi connectivity index (χ3v) is 5.29. The van der Waals surface area contributed by atoms with Crippen LogP contribution in [0.15, 0.2) is 67.5 Å². The van der Waals surface area contributed by atoms with Gasteiger partial charge in [-0.3, -0.25) is 9.67 Å². The Kier molecular flexibility index (Phi) is 3.76. The van der Waals surface area contributed by atoms with Crippen molar-refractivity contribution in [2.45, 2.75) is 13.1 Å². The zero-order valence-corrected chi connectivity index (χ0v) is 15.6. The molecule has 0 amide bonds. The molecule has 5 rings (SSSR count). The van der Waals surface area contributed by atoms with Crippen molar-refractivity contribution >= 4 is 16.6 Å². The average Bonchev–Trinajstić information content (AvgIpc) is 3.22. The molecule has 0 atom stereocenters. The van der Waals surface area contributed by atoms with Gasteiger partial charge in [0.05, 0.1) is 17.8 Å². The van der Waals surface area contributed by atoms with Gasteiger partial charge >= 0.3 is 0 Å². The molecule has 138 valence electrons. The lowest BCUT2D eigenvalue weighted by molar-refractivity contribution is 0.391. The molecule has 0 spiro atoms. The maximum atomic E-state index is 14.9. The number of hydrogen-bond donors (Lipinski definition) is 0. The molecule has 1 aliphatic rings. The molecule has 0 saturated carbocycles. The molecule has 0 saturated heterocycles. The minimum absolute atomic E-state index is 0.208. The molecule has 0 N–H and O–H groups in total. The minimum atomic E-state index is -0.208. The Labute approximate surface area is 162 Å². The van der Waals surface area contributed by atoms with Crippen LogP contribution in [0.1, 0.15) is 16.8 Å². The van der Waals surface area contributed by atoms with E-state index in [0.717, 1.165) is 39.0 Å². The van der Waals surface area contributed by atoms with E-state index in [9.17, 15) is 4.39 Å². The van der Waals surface area contributed by atoms with E-state index in [1.54, 1.807) is 16.9 Å². The first-order valence-electron chi connectivity index (χ1n) is 9.19. The van der Waals surface area contributed by atoms with Gasteiger partial charge in [0.15, 0.2) is 0 Å². The normalized spacial score (nSPS) is 13.4. The van der Waals surface area contributed by atoms with E-state index in [4.69, 9.17) is 0 Å². The van der Waals surface area contributed by atoms with Crippen molar-refractivity contribution in [2.24, 2.45) is 7.05 Å². The minimum Gasteiger partial charge on any atom is -0.361 e. The number of fused-ring (bicyclic) bond motifs is 2. The van der Waals surface area contributed by atoms with E-state index >= 15 is 0 Å². The second-order valence-corrected chi connectivity index (χ2v) is 7.18. The molecule has 0 radical (unpaired) electrons. The number of benzene rings is 2. The van der Waals surface area contributed by atoms with Gasteiger partial charge in [-0.25, -0.2) is 4.39 Å². The summed E-state index contributed by atoms with van der Waals surface area (Å²) in [7, 11) is 1.90. The smallest absolute Gasteiger partial charge is 0.128 e. The predicted octanol–water partition coefficient (Wildman–Crippen LogP) is 4.76. The fourth-order valence-corrected chi connectivity index (χ4v) is 3.81. The molecule has 3 heterocycles. The number of aromatic nitrogens is 3. The first kappa shape index (κ1) is 16.7. The lowest BCUT2D eigenvalue weighted by Crippen LogP contribution is -2.15. The second kappa shape index (κ2) is 6.30. The van der Waals surface area contributed by atoms with Gasteiger partial charge in [-0.2, -0.15) is 5.10 Å². The molecule has 0 aliphatic carbocycles. The molecule has 4 aromatic rings. The van der Waals surface area contributed by atoms with Gasteiger partial charge in [0, 0.05) is 48.2 Å². The molecule has 0 fully saturated rings. The van der Waals surface area contributed by atoms with Crippen molar-refractivity contribution in [1.29, 1.82) is 0 Å². The fraction of sp³-hybridized carbons (Fsp3) is 0.130. The van der Waals surface area contributed by atoms with Crippen molar-refractivity contribution in [3.63, 3.8) is 0 Å². The fourth-order valence-electron chi connectivity index (χ4n) is 3.81. The summed E-state index contributed by atoms with van der Waals surface area (Å²) < 4.78 is 16.7. The summed E-state index contributed by atoms with van der Waals surface area (Å²) in [5.74, 6) is -0.208. The highest BCUT2D eigenvalue weighted by Crippen LogP contribution is 2.32. The highest BCUT2D eigenvalue weighted by Gasteiger charge is 2.23. The first-order chi connectivity index (χ1) is 13.6. The van der Waals surface area contributed by atoms with Gasteiger partial charge in [0.2, 0.25) is 0 Å². The van der Waals surface area contributed by atoms with Crippen molar-refractivity contribution in [1.82, 2.24) is 19.7 Å². The first-order valence-corrected chi connectivity index (χ1v) is 9.19. The van der Waals surface area contributed by atoms with Crippen LogP contribution in [-0.2, 0) is 20.1 Å². The van der Waals surface area contributed by atoms with E-state index in [1.165, 1.54) is 0 Å². The van der Waals surface area contributed by atoms with E-state index in [1.807, 2.05) is 55.7 Å². The quantitative estimate of drug-likeness (QED) is 0.521. The predicted molar refractivity (Wildman–Crippen MR) is 109 cm³/mol. The summed E-state index contributed by atoms with van der Waals surface area (Å²) in [5, 5.41) is 5.43. The molecular weight excluding hydrogens is 351 g/mol. The molecule has 0 bridgehead atoms. The Hall–Kier alpha value is -3.47. The van der Waals surface area contributed by atoms with Crippen LogP contribution in [0.4, 0.5) is 4.39 Å². The largest absolute Gasteiger partial charge is 0.361 e. The van der Waals surface area contributed by atoms with Gasteiger partial charge in [0.1, 0.15) is 5.82 Å². The van der Waals surface area contributed by atoms with Gasteiger partial charge in [0.25, 0.3) is 0 Å². The third kappa shape index (κ3) is 2.76. The van der Waals surface area contributed by atoms with E-state index in [-0.39, 0.29) is 5.82 Å². The summed E-state index contributed by atoms with van der Waals surface area (Å²) in [6, 6.07) is 15.4. The van der Waals surface area contributed by atoms with Crippen molar-refractivity contribution in [2.75, 3.05) is 0 Å². The number of pyridine rings is 1. The van der Waals surface area contributed by atoms with Crippen molar-refractivity contribution in [3.8, 4) is 11.1 Å². The standard InChI is InChI=1S/C23H19FN4/c1-15-20-4-3-9-25-23(20)14-28(15)13-18-6-5-17(11-21(18)24)16-7-8-22-19(10-16)12-27(2)26-22/h3-12H,1,13-14H2,2H3. The average molecular weight is 370 g/mol. The van der Waals surface area contributed by atoms with E-state index in [0.29, 0.717) is 18.7 Å². The molecule has 2 aromatic heterocycles. The van der Waals surface area contributed by atoms with Gasteiger partial charge in [-0.15, -0.1) is 0 Å². The molecule has 5 heteroatoms. The molecule has 1 aliphatic heterocycles. The Bertz CT molecular complexity index is 1220. The highest BCUT2D eigenvalue weighted by atomic mass is 19.1. The second-order valence-electron chi connectivity index (χ2n) is 7.18. The van der Waals surface area contributed by atoms with Gasteiger partial charge in [-0.1, -0.05) is 24.8 Å². The number of nitrogens with zero attached hydrogens (tertiary/aromatic N) is 4. The number of hydrogen-bond acceptors (Lipinski definition) is 3. The Morgan fingerprint density at radius 2 is 1.93 bits per heavy atom. The summed E-state index contributed by atoms with van der Waals surface area (Å²) in [5.41, 5.74) is 6.36. The Balaban J connectivity index is 1.41. The van der Waals surface area contributed by atoms with E-state index in [2.05, 4.69) is 21.6 Å². The maximum absolute atomic E-state index is 14.9. The van der Waals surface area contributed by atoms with Crippen molar-refractivity contribution in [3.05, 3.63) is 90.1 Å². The number of halogens is 1. The van der Waals surface area contributed by atoms with Crippen LogP contribution in [0, 0.1) is 5.82 Å². The zero-order valence-electron chi connectivity index (χ0n) is 15.6. The third-order valence-electron chi connectivity index (χ3n) is 5.29. The van der Waals surface area contributed by atoms with E-state index < -0.39 is 0 Å². The lowest BCUT2D eigenvalue weighted by atomic mass is 10.0. The molecule has 4 nitrogen and oxygen atoms in total. The Morgan fingerprint density at radius 1 is 1.11 bits per heavy atom. The van der Waals surface area contributed by atoms with Crippen LogP contribution in [0.2, 0.25) is 0 Å². The Morgan fingerprint density at radius 3 is 2.75 bits per heavy atom. The lowest BCUT2D eigenvalue weighted by Gasteiger charge is -2.19. The van der Waals surface area contributed by atoms with Gasteiger partial charge in [-0.05, 0) is 41.5 Å². The van der Waals surface area contributed by atoms with Crippen LogP contribution < -0.4 is 0 Å². The number of aryl methyl sites for hydroxylation is 1. The van der Waals surface area contributed by atoms with Crippen LogP contribution >= 0.6 is 0 Å². The van der Waals surface area contributed by atoms with Crippen LogP contribution in [0.3, 0.4) is 0 Å². The van der Waals surface area contributed by atoms with Gasteiger partial charge < -0.3 is 4.90 Å². The van der Waals surface area contributed by atoms with Crippen LogP contribution in [0.25, 0.3) is 27.7 Å². The molecule has 2 aromatic carbocycles. The summed E-state index contributed by atoms with van der Waals surface area (Å²) >= 11 is 0. The maximum Gasteiger partial charge on any atom is 0.128 e. The molecule has 28 heavy (non-hydrogen) atoms. The van der Waals surface area contributed by atoms with Crippen LogP contribution in [-0.4, -0.2) is 19.7 Å². The topological polar surface area (TPSA) is 34.0 Å². The van der Waals surface area contributed by atoms with Crippen molar-refractivity contribution < 1.29 is 4.39 Å². The SMILES string of the molecule is C=C1c2cccnc2CN1Cc1ccc(-c2ccc3nn(C)cc3c2)cc1F. The summed E-state index contributed by atoms with van der Waals surface area (Å²) in [4.78, 5) is 6.47. The highest BCUT2D eigenvalue weighted by molar-refractivity contribution is 5.84. The summed E-state index contributed by atoms with van der Waals surface area (Å²) in [6.45, 7) is 5.29. The molecular formula is C23H19FN4. The zero-order chi connectivity index (χ0) is 19.3.